The van der Waals surface area contributed by atoms with Gasteiger partial charge in [0.2, 0.25) is 0 Å². The number of furan rings is 1. The molecule has 1 heterocycles. The van der Waals surface area contributed by atoms with Crippen molar-refractivity contribution in [3.05, 3.63) is 23.7 Å². The lowest BCUT2D eigenvalue weighted by Gasteiger charge is -1.94. The van der Waals surface area contributed by atoms with E-state index in [9.17, 15) is 9.59 Å². The molecule has 15 heavy (non-hydrogen) atoms. The predicted octanol–water partition coefficient (Wildman–Crippen LogP) is 1.40. The van der Waals surface area contributed by atoms with Gasteiger partial charge in [0, 0.05) is 0 Å². The van der Waals surface area contributed by atoms with Crippen LogP contribution in [0.15, 0.2) is 16.5 Å². The normalized spacial score (nSPS) is 8.87. The third-order valence-electron chi connectivity index (χ3n) is 1.49. The molecule has 0 aliphatic heterocycles. The second-order valence-electron chi connectivity index (χ2n) is 2.60. The summed E-state index contributed by atoms with van der Waals surface area (Å²) in [6.45, 7) is 2.07. The van der Waals surface area contributed by atoms with E-state index in [0.29, 0.717) is 18.7 Å². The van der Waals surface area contributed by atoms with Gasteiger partial charge in [-0.1, -0.05) is 5.92 Å². The zero-order chi connectivity index (χ0) is 11.1. The largest absolute Gasteiger partial charge is 0.465 e. The molecule has 0 aromatic carbocycles. The van der Waals surface area contributed by atoms with E-state index in [1.165, 1.54) is 6.07 Å². The van der Waals surface area contributed by atoms with Gasteiger partial charge in [0.05, 0.1) is 6.61 Å². The standard InChI is InChI=1S/C11H10O4/c1-2-14-11(13)5-3-4-9-6-7-10(8-12)15-9/h6-8H,2,5H2,1H3. The molecular formula is C11H10O4. The van der Waals surface area contributed by atoms with Crippen LogP contribution >= 0.6 is 0 Å². The average Bonchev–Trinajstić information content (AvgIpc) is 2.66. The third kappa shape index (κ3) is 3.69. The van der Waals surface area contributed by atoms with Gasteiger partial charge in [0.15, 0.2) is 17.8 Å². The fourth-order valence-corrected chi connectivity index (χ4v) is 0.899. The molecular weight excluding hydrogens is 196 g/mol. The highest BCUT2D eigenvalue weighted by Gasteiger charge is 1.98. The van der Waals surface area contributed by atoms with E-state index in [2.05, 4.69) is 16.6 Å². The van der Waals surface area contributed by atoms with E-state index in [1.807, 2.05) is 0 Å². The van der Waals surface area contributed by atoms with Crippen LogP contribution in [0.5, 0.6) is 0 Å². The van der Waals surface area contributed by atoms with E-state index in [4.69, 9.17) is 4.42 Å². The number of aldehydes is 1. The minimum atomic E-state index is -0.368. The van der Waals surface area contributed by atoms with Gasteiger partial charge in [0.1, 0.15) is 6.42 Å². The Labute approximate surface area is 87.2 Å². The highest BCUT2D eigenvalue weighted by atomic mass is 16.5. The maximum absolute atomic E-state index is 10.9. The van der Waals surface area contributed by atoms with E-state index in [-0.39, 0.29) is 18.2 Å². The summed E-state index contributed by atoms with van der Waals surface area (Å²) in [6.07, 6.45) is 0.613. The van der Waals surface area contributed by atoms with E-state index < -0.39 is 0 Å². The van der Waals surface area contributed by atoms with Crippen molar-refractivity contribution in [2.75, 3.05) is 6.61 Å². The van der Waals surface area contributed by atoms with Gasteiger partial charge in [0.25, 0.3) is 0 Å². The summed E-state index contributed by atoms with van der Waals surface area (Å²) < 4.78 is 9.66. The summed E-state index contributed by atoms with van der Waals surface area (Å²) in [5.74, 6) is 5.41. The second-order valence-corrected chi connectivity index (χ2v) is 2.60. The van der Waals surface area contributed by atoms with E-state index >= 15 is 0 Å². The van der Waals surface area contributed by atoms with Crippen LogP contribution < -0.4 is 0 Å². The molecule has 0 N–H and O–H groups in total. The van der Waals surface area contributed by atoms with Gasteiger partial charge in [-0.2, -0.15) is 0 Å². The molecule has 0 amide bonds. The number of hydrogen-bond acceptors (Lipinski definition) is 4. The van der Waals surface area contributed by atoms with Crippen LogP contribution in [0.2, 0.25) is 0 Å². The molecule has 78 valence electrons. The molecule has 4 nitrogen and oxygen atoms in total. The maximum Gasteiger partial charge on any atom is 0.317 e. The summed E-state index contributed by atoms with van der Waals surface area (Å²) in [5, 5.41) is 0. The lowest BCUT2D eigenvalue weighted by molar-refractivity contribution is -0.141. The highest BCUT2D eigenvalue weighted by Crippen LogP contribution is 2.03. The molecule has 0 radical (unpaired) electrons. The first kappa shape index (κ1) is 11.1. The Balaban J connectivity index is 2.50. The van der Waals surface area contributed by atoms with Crippen molar-refractivity contribution in [2.45, 2.75) is 13.3 Å². The van der Waals surface area contributed by atoms with Crippen molar-refractivity contribution in [2.24, 2.45) is 0 Å². The van der Waals surface area contributed by atoms with Gasteiger partial charge in [-0.25, -0.2) is 0 Å². The predicted molar refractivity (Wildman–Crippen MR) is 52.2 cm³/mol. The molecule has 0 saturated heterocycles. The monoisotopic (exact) mass is 206 g/mol. The van der Waals surface area contributed by atoms with Crippen molar-refractivity contribution in [1.82, 2.24) is 0 Å². The fraction of sp³-hybridized carbons (Fsp3) is 0.273. The van der Waals surface area contributed by atoms with Crippen LogP contribution in [-0.4, -0.2) is 18.9 Å². The first-order valence-corrected chi connectivity index (χ1v) is 4.45. The van der Waals surface area contributed by atoms with Crippen molar-refractivity contribution in [3.8, 4) is 11.8 Å². The van der Waals surface area contributed by atoms with Crippen LogP contribution in [0.25, 0.3) is 0 Å². The number of ether oxygens (including phenoxy) is 1. The molecule has 0 aliphatic carbocycles. The molecule has 1 rings (SSSR count). The maximum atomic E-state index is 10.9. The number of esters is 1. The van der Waals surface area contributed by atoms with E-state index in [0.717, 1.165) is 0 Å². The third-order valence-corrected chi connectivity index (χ3v) is 1.49. The van der Waals surface area contributed by atoms with Crippen molar-refractivity contribution < 1.29 is 18.7 Å². The minimum Gasteiger partial charge on any atom is -0.465 e. The minimum absolute atomic E-state index is 0.0188. The molecule has 4 heteroatoms. The Bertz CT molecular complexity index is 406. The lowest BCUT2D eigenvalue weighted by Crippen LogP contribution is -2.01. The zero-order valence-electron chi connectivity index (χ0n) is 8.28. The van der Waals surface area contributed by atoms with Gasteiger partial charge in [-0.3, -0.25) is 9.59 Å². The number of hydrogen-bond donors (Lipinski definition) is 0. The van der Waals surface area contributed by atoms with Crippen molar-refractivity contribution in [1.29, 1.82) is 0 Å². The Morgan fingerprint density at radius 1 is 1.60 bits per heavy atom. The quantitative estimate of drug-likeness (QED) is 0.426. The summed E-state index contributed by atoms with van der Waals surface area (Å²) in [4.78, 5) is 21.2. The van der Waals surface area contributed by atoms with Gasteiger partial charge in [-0.05, 0) is 25.0 Å². The molecule has 0 fully saturated rings. The SMILES string of the molecule is CCOC(=O)CC#Cc1ccc(C=O)o1. The van der Waals surface area contributed by atoms with Crippen molar-refractivity contribution in [3.63, 3.8) is 0 Å². The fourth-order valence-electron chi connectivity index (χ4n) is 0.899. The molecule has 0 spiro atoms. The first-order chi connectivity index (χ1) is 7.26. The Kier molecular flexibility index (Phi) is 4.17. The number of rotatable bonds is 3. The smallest absolute Gasteiger partial charge is 0.317 e. The Morgan fingerprint density at radius 2 is 2.40 bits per heavy atom. The van der Waals surface area contributed by atoms with Gasteiger partial charge < -0.3 is 9.15 Å². The van der Waals surface area contributed by atoms with Crippen LogP contribution in [0.3, 0.4) is 0 Å². The topological polar surface area (TPSA) is 56.5 Å². The molecule has 0 saturated carbocycles. The van der Waals surface area contributed by atoms with Gasteiger partial charge >= 0.3 is 5.97 Å². The Morgan fingerprint density at radius 3 is 3.00 bits per heavy atom. The van der Waals surface area contributed by atoms with Crippen LogP contribution in [-0.2, 0) is 9.53 Å². The van der Waals surface area contributed by atoms with Crippen molar-refractivity contribution >= 4 is 12.3 Å². The van der Waals surface area contributed by atoms with Crippen LogP contribution in [0, 0.1) is 11.8 Å². The average molecular weight is 206 g/mol. The molecule has 1 aromatic rings. The summed E-state index contributed by atoms with van der Waals surface area (Å²) in [5.41, 5.74) is 0. The Hall–Kier alpha value is -2.02. The summed E-state index contributed by atoms with van der Waals surface area (Å²) in [6, 6.07) is 3.09. The van der Waals surface area contributed by atoms with Crippen LogP contribution in [0.1, 0.15) is 29.7 Å². The highest BCUT2D eigenvalue weighted by molar-refractivity contribution is 5.72. The molecule has 0 unspecified atom stereocenters. The molecule has 0 atom stereocenters. The summed E-state index contributed by atoms with van der Waals surface area (Å²) in [7, 11) is 0. The number of carbonyl (C=O) groups excluding carboxylic acids is 2. The molecule has 0 bridgehead atoms. The first-order valence-electron chi connectivity index (χ1n) is 4.45. The zero-order valence-corrected chi connectivity index (χ0v) is 8.28. The van der Waals surface area contributed by atoms with Crippen LogP contribution in [0.4, 0.5) is 0 Å². The van der Waals surface area contributed by atoms with Gasteiger partial charge in [-0.15, -0.1) is 0 Å². The second kappa shape index (κ2) is 5.66. The molecule has 0 aliphatic rings. The number of carbonyl (C=O) groups is 2. The summed E-state index contributed by atoms with van der Waals surface area (Å²) >= 11 is 0. The molecule has 1 aromatic heterocycles. The van der Waals surface area contributed by atoms with E-state index in [1.54, 1.807) is 13.0 Å². The lowest BCUT2D eigenvalue weighted by atomic mass is 10.4.